The minimum Gasteiger partial charge on any atom is -0.463 e. The monoisotopic (exact) mass is 344 g/mol. The Bertz CT molecular complexity index is 618. The molecule has 1 aliphatic rings. The highest BCUT2D eigenvalue weighted by molar-refractivity contribution is 5.89. The third kappa shape index (κ3) is 4.94. The molecule has 4 heteroatoms. The van der Waals surface area contributed by atoms with Gasteiger partial charge in [0.2, 0.25) is 0 Å². The van der Waals surface area contributed by atoms with Crippen LogP contribution in [0.2, 0.25) is 0 Å². The summed E-state index contributed by atoms with van der Waals surface area (Å²) in [7, 11) is 0. The number of carbonyl (C=O) groups excluding carboxylic acids is 2. The molecule has 4 nitrogen and oxygen atoms in total. The van der Waals surface area contributed by atoms with Crippen LogP contribution in [0.4, 0.5) is 0 Å². The van der Waals surface area contributed by atoms with Crippen molar-refractivity contribution in [2.45, 2.75) is 46.6 Å². The largest absolute Gasteiger partial charge is 0.463 e. The lowest BCUT2D eigenvalue weighted by Gasteiger charge is -2.39. The molecule has 0 saturated heterocycles. The Labute approximate surface area is 150 Å². The highest BCUT2D eigenvalue weighted by Gasteiger charge is 2.38. The lowest BCUT2D eigenvalue weighted by molar-refractivity contribution is -0.137. The van der Waals surface area contributed by atoms with E-state index in [4.69, 9.17) is 9.47 Å². The molecule has 0 spiro atoms. The minimum absolute atomic E-state index is 0.188. The van der Waals surface area contributed by atoms with Crippen molar-refractivity contribution in [2.75, 3.05) is 6.61 Å². The van der Waals surface area contributed by atoms with E-state index in [9.17, 15) is 9.59 Å². The van der Waals surface area contributed by atoms with Gasteiger partial charge in [0.05, 0.1) is 12.2 Å². The van der Waals surface area contributed by atoms with Crippen LogP contribution in [0, 0.1) is 17.8 Å². The van der Waals surface area contributed by atoms with Crippen molar-refractivity contribution >= 4 is 11.9 Å². The van der Waals surface area contributed by atoms with Gasteiger partial charge in [0.1, 0.15) is 6.10 Å². The van der Waals surface area contributed by atoms with Gasteiger partial charge < -0.3 is 9.47 Å². The Morgan fingerprint density at radius 1 is 1.20 bits per heavy atom. The van der Waals surface area contributed by atoms with E-state index in [1.165, 1.54) is 6.08 Å². The van der Waals surface area contributed by atoms with E-state index in [0.717, 1.165) is 18.4 Å². The summed E-state index contributed by atoms with van der Waals surface area (Å²) in [5.74, 6) is 0.0267. The van der Waals surface area contributed by atoms with Crippen molar-refractivity contribution in [3.8, 4) is 0 Å². The third-order valence-electron chi connectivity index (χ3n) is 4.89. The zero-order chi connectivity index (χ0) is 18.4. The zero-order valence-electron chi connectivity index (χ0n) is 15.5. The summed E-state index contributed by atoms with van der Waals surface area (Å²) >= 11 is 0. The second-order valence-electron chi connectivity index (χ2n) is 6.97. The van der Waals surface area contributed by atoms with E-state index in [0.29, 0.717) is 18.1 Å². The first-order chi connectivity index (χ1) is 11.9. The van der Waals surface area contributed by atoms with E-state index in [1.807, 2.05) is 18.2 Å². The molecule has 1 unspecified atom stereocenters. The summed E-state index contributed by atoms with van der Waals surface area (Å²) in [6.45, 7) is 8.45. The van der Waals surface area contributed by atoms with Gasteiger partial charge in [-0.15, -0.1) is 0 Å². The van der Waals surface area contributed by atoms with Gasteiger partial charge in [0.25, 0.3) is 0 Å². The van der Waals surface area contributed by atoms with Gasteiger partial charge in [0, 0.05) is 12.0 Å². The van der Waals surface area contributed by atoms with E-state index < -0.39 is 0 Å². The number of ether oxygens (including phenoxy) is 2. The van der Waals surface area contributed by atoms with Crippen LogP contribution >= 0.6 is 0 Å². The first kappa shape index (κ1) is 19.2. The fraction of sp³-hybridized carbons (Fsp3) is 0.524. The van der Waals surface area contributed by atoms with Gasteiger partial charge >= 0.3 is 11.9 Å². The average molecular weight is 344 g/mol. The van der Waals surface area contributed by atoms with Gasteiger partial charge in [-0.05, 0) is 49.3 Å². The number of esters is 2. The van der Waals surface area contributed by atoms with Crippen LogP contribution in [0.15, 0.2) is 42.0 Å². The molecule has 2 rings (SSSR count). The summed E-state index contributed by atoms with van der Waals surface area (Å²) in [6, 6.07) is 8.98. The molecule has 0 radical (unpaired) electrons. The van der Waals surface area contributed by atoms with Crippen LogP contribution in [-0.2, 0) is 14.3 Å². The summed E-state index contributed by atoms with van der Waals surface area (Å²) in [4.78, 5) is 24.6. The first-order valence-corrected chi connectivity index (χ1v) is 9.08. The van der Waals surface area contributed by atoms with Gasteiger partial charge in [-0.1, -0.05) is 39.0 Å². The second-order valence-corrected chi connectivity index (χ2v) is 6.97. The maximum absolute atomic E-state index is 12.6. The molecule has 0 N–H and O–H groups in total. The summed E-state index contributed by atoms with van der Waals surface area (Å²) in [5, 5.41) is 0. The lowest BCUT2D eigenvalue weighted by Crippen LogP contribution is -2.38. The van der Waals surface area contributed by atoms with Crippen LogP contribution in [0.25, 0.3) is 0 Å². The molecule has 1 aromatic carbocycles. The van der Waals surface area contributed by atoms with Crippen LogP contribution in [0.1, 0.15) is 50.9 Å². The zero-order valence-corrected chi connectivity index (χ0v) is 15.5. The van der Waals surface area contributed by atoms with Gasteiger partial charge in [0.15, 0.2) is 0 Å². The Balaban J connectivity index is 2.30. The van der Waals surface area contributed by atoms with E-state index in [1.54, 1.807) is 19.1 Å². The molecule has 0 heterocycles. The van der Waals surface area contributed by atoms with Crippen LogP contribution < -0.4 is 0 Å². The molecule has 1 aliphatic carbocycles. The van der Waals surface area contributed by atoms with Crippen molar-refractivity contribution in [1.29, 1.82) is 0 Å². The number of benzene rings is 1. The highest BCUT2D eigenvalue weighted by atomic mass is 16.5. The van der Waals surface area contributed by atoms with Gasteiger partial charge in [-0.3, -0.25) is 0 Å². The standard InChI is InChI=1S/C21H28O4/c1-5-24-19(22)13-18-15(4)11-12-17(14(2)3)20(18)25-21(23)16-9-7-6-8-10-16/h6-10,13-15,17,20H,5,11-12H2,1-4H3/b18-13-/t15-,17+,20?/m1/s1. The molecule has 1 saturated carbocycles. The molecule has 3 atom stereocenters. The van der Waals surface area contributed by atoms with E-state index in [2.05, 4.69) is 20.8 Å². The Morgan fingerprint density at radius 2 is 1.88 bits per heavy atom. The van der Waals surface area contributed by atoms with E-state index in [-0.39, 0.29) is 29.9 Å². The molecular weight excluding hydrogens is 316 g/mol. The van der Waals surface area contributed by atoms with Crippen LogP contribution in [0.3, 0.4) is 0 Å². The van der Waals surface area contributed by atoms with E-state index >= 15 is 0 Å². The van der Waals surface area contributed by atoms with Crippen molar-refractivity contribution in [2.24, 2.45) is 17.8 Å². The number of hydrogen-bond acceptors (Lipinski definition) is 4. The quantitative estimate of drug-likeness (QED) is 0.587. The third-order valence-corrected chi connectivity index (χ3v) is 4.89. The van der Waals surface area contributed by atoms with Gasteiger partial charge in [-0.25, -0.2) is 9.59 Å². The maximum Gasteiger partial charge on any atom is 0.338 e. The molecule has 136 valence electrons. The SMILES string of the molecule is CCOC(=O)/C=C1\C(OC(=O)c2ccccc2)[C@H](C(C)C)CC[C@H]1C. The Morgan fingerprint density at radius 3 is 2.48 bits per heavy atom. The molecule has 0 bridgehead atoms. The summed E-state index contributed by atoms with van der Waals surface area (Å²) in [6.07, 6.45) is 3.10. The molecule has 0 aromatic heterocycles. The normalized spacial score (nSPS) is 25.0. The lowest BCUT2D eigenvalue weighted by atomic mass is 9.72. The molecule has 25 heavy (non-hydrogen) atoms. The van der Waals surface area contributed by atoms with Gasteiger partial charge in [-0.2, -0.15) is 0 Å². The Kier molecular flexibility index (Phi) is 6.80. The smallest absolute Gasteiger partial charge is 0.338 e. The summed E-state index contributed by atoms with van der Waals surface area (Å²) < 4.78 is 11.0. The number of rotatable bonds is 5. The van der Waals surface area contributed by atoms with Crippen LogP contribution in [0.5, 0.6) is 0 Å². The molecule has 0 amide bonds. The fourth-order valence-corrected chi connectivity index (χ4v) is 3.43. The van der Waals surface area contributed by atoms with Crippen LogP contribution in [-0.4, -0.2) is 24.6 Å². The predicted octanol–water partition coefficient (Wildman–Crippen LogP) is 4.40. The van der Waals surface area contributed by atoms with Crippen molar-refractivity contribution in [3.63, 3.8) is 0 Å². The number of hydrogen-bond donors (Lipinski definition) is 0. The maximum atomic E-state index is 12.6. The number of carbonyl (C=O) groups is 2. The molecule has 1 aromatic rings. The molecule has 1 fully saturated rings. The fourth-order valence-electron chi connectivity index (χ4n) is 3.43. The van der Waals surface area contributed by atoms with Crippen molar-refractivity contribution < 1.29 is 19.1 Å². The average Bonchev–Trinajstić information content (AvgIpc) is 2.58. The first-order valence-electron chi connectivity index (χ1n) is 9.08. The predicted molar refractivity (Wildman–Crippen MR) is 97.1 cm³/mol. The highest BCUT2D eigenvalue weighted by Crippen LogP contribution is 2.39. The molecular formula is C21H28O4. The van der Waals surface area contributed by atoms with Crippen molar-refractivity contribution in [1.82, 2.24) is 0 Å². The Hall–Kier alpha value is -2.10. The summed E-state index contributed by atoms with van der Waals surface area (Å²) in [5.41, 5.74) is 1.39. The topological polar surface area (TPSA) is 52.6 Å². The van der Waals surface area contributed by atoms with Crippen molar-refractivity contribution in [3.05, 3.63) is 47.5 Å². The second kappa shape index (κ2) is 8.84. The minimum atomic E-state index is -0.388. The molecule has 0 aliphatic heterocycles.